The highest BCUT2D eigenvalue weighted by molar-refractivity contribution is 6.21. The van der Waals surface area contributed by atoms with Crippen molar-refractivity contribution in [3.8, 4) is 0 Å². The Morgan fingerprint density at radius 2 is 1.62 bits per heavy atom. The molecule has 1 amide bonds. The first-order valence-corrected chi connectivity index (χ1v) is 8.13. The number of hydrogen-bond acceptors (Lipinski definition) is 2. The topological polar surface area (TPSA) is 23.6 Å². The summed E-state index contributed by atoms with van der Waals surface area (Å²) < 4.78 is 0. The Morgan fingerprint density at radius 1 is 1.10 bits per heavy atom. The Bertz CT molecular complexity index is 464. The van der Waals surface area contributed by atoms with Crippen molar-refractivity contribution in [1.82, 2.24) is 9.80 Å². The Hall–Kier alpha value is -1.06. The number of carbonyl (C=O) groups excluding carboxylic acids is 1. The van der Waals surface area contributed by atoms with Crippen molar-refractivity contribution in [3.05, 3.63) is 35.4 Å². The van der Waals surface area contributed by atoms with Crippen LogP contribution < -0.4 is 0 Å². The Kier molecular flexibility index (Phi) is 5.65. The van der Waals surface area contributed by atoms with E-state index in [1.807, 2.05) is 4.90 Å². The zero-order valence-electron chi connectivity index (χ0n) is 13.2. The monoisotopic (exact) mass is 308 g/mol. The first kappa shape index (κ1) is 16.3. The minimum absolute atomic E-state index is 0.00934. The number of alkyl halides is 1. The average Bonchev–Trinajstić information content (AvgIpc) is 2.47. The van der Waals surface area contributed by atoms with E-state index in [-0.39, 0.29) is 11.3 Å². The van der Waals surface area contributed by atoms with Gasteiger partial charge in [0.05, 0.1) is 5.38 Å². The summed E-state index contributed by atoms with van der Waals surface area (Å²) in [5.74, 6) is 0.717. The summed E-state index contributed by atoms with van der Waals surface area (Å²) in [4.78, 5) is 15.6. The van der Waals surface area contributed by atoms with Gasteiger partial charge in [-0.2, -0.15) is 0 Å². The SMILES string of the molecule is CC(=O)N1CCN(CC(Cl)c2ccc(C(C)C)cc2)CC1. The highest BCUT2D eigenvalue weighted by atomic mass is 35.5. The molecule has 1 heterocycles. The van der Waals surface area contributed by atoms with Gasteiger partial charge in [-0.05, 0) is 17.0 Å². The molecule has 1 aliphatic rings. The van der Waals surface area contributed by atoms with Crippen molar-refractivity contribution in [3.63, 3.8) is 0 Å². The van der Waals surface area contributed by atoms with Crippen LogP contribution in [0, 0.1) is 0 Å². The third-order valence-corrected chi connectivity index (χ3v) is 4.59. The van der Waals surface area contributed by atoms with E-state index in [4.69, 9.17) is 11.6 Å². The predicted octanol–water partition coefficient (Wildman–Crippen LogP) is 3.25. The first-order valence-electron chi connectivity index (χ1n) is 7.69. The van der Waals surface area contributed by atoms with E-state index in [2.05, 4.69) is 43.0 Å². The second kappa shape index (κ2) is 7.28. The zero-order chi connectivity index (χ0) is 15.4. The van der Waals surface area contributed by atoms with Crippen LogP contribution in [0.4, 0.5) is 0 Å². The lowest BCUT2D eigenvalue weighted by Crippen LogP contribution is -2.48. The maximum Gasteiger partial charge on any atom is 0.219 e. The average molecular weight is 309 g/mol. The van der Waals surface area contributed by atoms with Gasteiger partial charge in [0.15, 0.2) is 0 Å². The van der Waals surface area contributed by atoms with E-state index in [9.17, 15) is 4.79 Å². The van der Waals surface area contributed by atoms with Crippen molar-refractivity contribution in [2.75, 3.05) is 32.7 Å². The van der Waals surface area contributed by atoms with Crippen LogP contribution in [0.3, 0.4) is 0 Å². The van der Waals surface area contributed by atoms with Gasteiger partial charge in [-0.15, -0.1) is 11.6 Å². The Balaban J connectivity index is 1.87. The normalized spacial score (nSPS) is 18.0. The number of benzene rings is 1. The maximum atomic E-state index is 11.3. The molecule has 0 spiro atoms. The highest BCUT2D eigenvalue weighted by Crippen LogP contribution is 2.24. The number of rotatable bonds is 4. The van der Waals surface area contributed by atoms with Gasteiger partial charge >= 0.3 is 0 Å². The second-order valence-corrected chi connectivity index (χ2v) is 6.62. The minimum Gasteiger partial charge on any atom is -0.340 e. The van der Waals surface area contributed by atoms with Gasteiger partial charge in [0.2, 0.25) is 5.91 Å². The predicted molar refractivity (Wildman–Crippen MR) is 87.8 cm³/mol. The van der Waals surface area contributed by atoms with E-state index in [1.54, 1.807) is 6.92 Å². The molecule has 4 heteroatoms. The number of nitrogens with zero attached hydrogens (tertiary/aromatic N) is 2. The molecule has 0 radical (unpaired) electrons. The van der Waals surface area contributed by atoms with Gasteiger partial charge in [0, 0.05) is 39.6 Å². The van der Waals surface area contributed by atoms with E-state index < -0.39 is 0 Å². The van der Waals surface area contributed by atoms with E-state index in [0.29, 0.717) is 5.92 Å². The molecule has 1 aromatic carbocycles. The van der Waals surface area contributed by atoms with Gasteiger partial charge in [-0.3, -0.25) is 9.69 Å². The van der Waals surface area contributed by atoms with Gasteiger partial charge in [0.1, 0.15) is 0 Å². The van der Waals surface area contributed by atoms with Crippen LogP contribution >= 0.6 is 11.6 Å². The molecule has 3 nitrogen and oxygen atoms in total. The summed E-state index contributed by atoms with van der Waals surface area (Å²) >= 11 is 6.55. The van der Waals surface area contributed by atoms with Crippen LogP contribution in [-0.2, 0) is 4.79 Å². The molecule has 21 heavy (non-hydrogen) atoms. The smallest absolute Gasteiger partial charge is 0.219 e. The van der Waals surface area contributed by atoms with Gasteiger partial charge in [0.25, 0.3) is 0 Å². The molecule has 1 fully saturated rings. The van der Waals surface area contributed by atoms with Gasteiger partial charge in [-0.25, -0.2) is 0 Å². The third kappa shape index (κ3) is 4.45. The lowest BCUT2D eigenvalue weighted by Gasteiger charge is -2.35. The van der Waals surface area contributed by atoms with Crippen LogP contribution in [0.1, 0.15) is 43.2 Å². The molecular weight excluding hydrogens is 284 g/mol. The third-order valence-electron chi connectivity index (χ3n) is 4.20. The van der Waals surface area contributed by atoms with Crippen LogP contribution in [0.25, 0.3) is 0 Å². The molecule has 0 saturated carbocycles. The highest BCUT2D eigenvalue weighted by Gasteiger charge is 2.21. The Labute approximate surface area is 132 Å². The van der Waals surface area contributed by atoms with Crippen LogP contribution in [0.5, 0.6) is 0 Å². The number of amides is 1. The number of hydrogen-bond donors (Lipinski definition) is 0. The largest absolute Gasteiger partial charge is 0.340 e. The molecule has 0 aliphatic carbocycles. The molecule has 1 saturated heterocycles. The molecule has 1 unspecified atom stereocenters. The number of halogens is 1. The minimum atomic E-state index is 0.00934. The fourth-order valence-electron chi connectivity index (χ4n) is 2.67. The molecule has 1 aromatic rings. The van der Waals surface area contributed by atoms with Crippen molar-refractivity contribution in [1.29, 1.82) is 0 Å². The molecule has 2 rings (SSSR count). The molecule has 0 N–H and O–H groups in total. The van der Waals surface area contributed by atoms with Gasteiger partial charge < -0.3 is 4.90 Å². The van der Waals surface area contributed by atoms with Crippen molar-refractivity contribution < 1.29 is 4.79 Å². The zero-order valence-corrected chi connectivity index (χ0v) is 13.9. The van der Waals surface area contributed by atoms with Crippen molar-refractivity contribution in [2.45, 2.75) is 32.1 Å². The molecular formula is C17H25ClN2O. The molecule has 0 bridgehead atoms. The lowest BCUT2D eigenvalue weighted by molar-refractivity contribution is -0.130. The number of piperazine rings is 1. The van der Waals surface area contributed by atoms with Crippen molar-refractivity contribution in [2.24, 2.45) is 0 Å². The van der Waals surface area contributed by atoms with Gasteiger partial charge in [-0.1, -0.05) is 38.1 Å². The van der Waals surface area contributed by atoms with E-state index >= 15 is 0 Å². The molecule has 116 valence electrons. The second-order valence-electron chi connectivity index (χ2n) is 6.10. The summed E-state index contributed by atoms with van der Waals surface area (Å²) in [5, 5.41) is 0.00934. The van der Waals surface area contributed by atoms with Crippen LogP contribution in [0.2, 0.25) is 0 Å². The van der Waals surface area contributed by atoms with Crippen LogP contribution in [0.15, 0.2) is 24.3 Å². The molecule has 1 atom stereocenters. The number of carbonyl (C=O) groups is 1. The summed E-state index contributed by atoms with van der Waals surface area (Å²) in [6.07, 6.45) is 0. The quantitative estimate of drug-likeness (QED) is 0.797. The standard InChI is InChI=1S/C17H25ClN2O/c1-13(2)15-4-6-16(7-5-15)17(18)12-19-8-10-20(11-9-19)14(3)21/h4-7,13,17H,8-12H2,1-3H3. The first-order chi connectivity index (χ1) is 9.97. The van der Waals surface area contributed by atoms with Crippen molar-refractivity contribution >= 4 is 17.5 Å². The fourth-order valence-corrected chi connectivity index (χ4v) is 3.01. The van der Waals surface area contributed by atoms with E-state index in [1.165, 1.54) is 11.1 Å². The Morgan fingerprint density at radius 3 is 2.10 bits per heavy atom. The lowest BCUT2D eigenvalue weighted by atomic mass is 10.0. The molecule has 1 aliphatic heterocycles. The fraction of sp³-hybridized carbons (Fsp3) is 0.588. The maximum absolute atomic E-state index is 11.3. The summed E-state index contributed by atoms with van der Waals surface area (Å²) in [6, 6.07) is 8.61. The summed E-state index contributed by atoms with van der Waals surface area (Å²) in [5.41, 5.74) is 2.52. The van der Waals surface area contributed by atoms with E-state index in [0.717, 1.165) is 32.7 Å². The summed E-state index contributed by atoms with van der Waals surface area (Å²) in [6.45, 7) is 10.3. The van der Waals surface area contributed by atoms with Crippen LogP contribution in [-0.4, -0.2) is 48.4 Å². The molecule has 0 aromatic heterocycles. The summed E-state index contributed by atoms with van der Waals surface area (Å²) in [7, 11) is 0.